The van der Waals surface area contributed by atoms with E-state index in [2.05, 4.69) is 45.4 Å². The number of amides is 1. The van der Waals surface area contributed by atoms with Crippen molar-refractivity contribution in [3.63, 3.8) is 0 Å². The summed E-state index contributed by atoms with van der Waals surface area (Å²) in [7, 11) is 1.88. The molecule has 2 unspecified atom stereocenters. The Balaban J connectivity index is 1.60. The molecule has 2 saturated heterocycles. The maximum Gasteiger partial charge on any atom is 0.240 e. The summed E-state index contributed by atoms with van der Waals surface area (Å²) in [5, 5.41) is 3.13. The van der Waals surface area contributed by atoms with Crippen LogP contribution >= 0.6 is 0 Å². The molecule has 1 N–H and O–H groups in total. The number of carbonyl (C=O) groups is 1. The van der Waals surface area contributed by atoms with Crippen LogP contribution in [0.1, 0.15) is 24.8 Å². The zero-order valence-electron chi connectivity index (χ0n) is 12.8. The highest BCUT2D eigenvalue weighted by Crippen LogP contribution is 2.22. The predicted molar refractivity (Wildman–Crippen MR) is 83.9 cm³/mol. The molecule has 1 aromatic carbocycles. The SMILES string of the molecule is CNC1CCN(C2CCCN(Cc3ccccc3)C2)C1=O. The van der Waals surface area contributed by atoms with Gasteiger partial charge in [-0.25, -0.2) is 0 Å². The van der Waals surface area contributed by atoms with Crippen molar-refractivity contribution < 1.29 is 4.79 Å². The first-order valence-corrected chi connectivity index (χ1v) is 8.02. The van der Waals surface area contributed by atoms with E-state index in [0.29, 0.717) is 11.9 Å². The Kier molecular flexibility index (Phi) is 4.56. The minimum atomic E-state index is 0.0366. The largest absolute Gasteiger partial charge is 0.337 e. The summed E-state index contributed by atoms with van der Waals surface area (Å²) in [5.74, 6) is 0.295. The van der Waals surface area contributed by atoms with Crippen LogP contribution in [0.3, 0.4) is 0 Å². The molecule has 2 fully saturated rings. The molecule has 0 bridgehead atoms. The van der Waals surface area contributed by atoms with Gasteiger partial charge in [-0.15, -0.1) is 0 Å². The minimum absolute atomic E-state index is 0.0366. The third kappa shape index (κ3) is 3.27. The number of hydrogen-bond acceptors (Lipinski definition) is 3. The summed E-state index contributed by atoms with van der Waals surface area (Å²) >= 11 is 0. The average Bonchev–Trinajstić information content (AvgIpc) is 2.89. The molecule has 2 heterocycles. The molecule has 114 valence electrons. The highest BCUT2D eigenvalue weighted by molar-refractivity contribution is 5.84. The number of likely N-dealkylation sites (N-methyl/N-ethyl adjacent to an activating group) is 1. The molecule has 0 radical (unpaired) electrons. The van der Waals surface area contributed by atoms with Crippen molar-refractivity contribution in [2.24, 2.45) is 0 Å². The van der Waals surface area contributed by atoms with Gasteiger partial charge < -0.3 is 10.2 Å². The van der Waals surface area contributed by atoms with Gasteiger partial charge in [-0.2, -0.15) is 0 Å². The predicted octanol–water partition coefficient (Wildman–Crippen LogP) is 1.47. The van der Waals surface area contributed by atoms with E-state index < -0.39 is 0 Å². The number of nitrogens with zero attached hydrogens (tertiary/aromatic N) is 2. The standard InChI is InChI=1S/C17H25N3O/c1-18-16-9-11-20(17(16)21)15-8-5-10-19(13-15)12-14-6-3-2-4-7-14/h2-4,6-7,15-16,18H,5,8-13H2,1H3. The molecule has 0 aromatic heterocycles. The van der Waals surface area contributed by atoms with Gasteiger partial charge in [0, 0.05) is 25.7 Å². The van der Waals surface area contributed by atoms with Crippen LogP contribution in [0.25, 0.3) is 0 Å². The van der Waals surface area contributed by atoms with Gasteiger partial charge in [-0.3, -0.25) is 9.69 Å². The monoisotopic (exact) mass is 287 g/mol. The maximum absolute atomic E-state index is 12.3. The Morgan fingerprint density at radius 1 is 1.19 bits per heavy atom. The van der Waals surface area contributed by atoms with E-state index in [4.69, 9.17) is 0 Å². The second-order valence-electron chi connectivity index (χ2n) is 6.18. The molecule has 2 aliphatic heterocycles. The lowest BCUT2D eigenvalue weighted by molar-refractivity contribution is -0.132. The molecular weight excluding hydrogens is 262 g/mol. The van der Waals surface area contributed by atoms with Gasteiger partial charge in [0.2, 0.25) is 5.91 Å². The lowest BCUT2D eigenvalue weighted by Crippen LogP contribution is -2.49. The number of carbonyl (C=O) groups excluding carboxylic acids is 1. The first-order valence-electron chi connectivity index (χ1n) is 8.02. The second-order valence-corrected chi connectivity index (χ2v) is 6.18. The molecule has 2 aliphatic rings. The van der Waals surface area contributed by atoms with Crippen molar-refractivity contribution in [3.05, 3.63) is 35.9 Å². The van der Waals surface area contributed by atoms with Crippen LogP contribution in [0.15, 0.2) is 30.3 Å². The van der Waals surface area contributed by atoms with E-state index >= 15 is 0 Å². The van der Waals surface area contributed by atoms with Crippen LogP contribution in [-0.4, -0.2) is 54.5 Å². The van der Waals surface area contributed by atoms with Crippen molar-refractivity contribution in [3.8, 4) is 0 Å². The molecule has 1 aromatic rings. The highest BCUT2D eigenvalue weighted by atomic mass is 16.2. The van der Waals surface area contributed by atoms with Crippen molar-refractivity contribution in [1.29, 1.82) is 0 Å². The minimum Gasteiger partial charge on any atom is -0.337 e. The fourth-order valence-electron chi connectivity index (χ4n) is 3.60. The number of piperidine rings is 1. The summed E-state index contributed by atoms with van der Waals surface area (Å²) in [5.41, 5.74) is 1.36. The Labute approximate surface area is 127 Å². The van der Waals surface area contributed by atoms with E-state index in [0.717, 1.165) is 39.0 Å². The molecule has 2 atom stereocenters. The number of benzene rings is 1. The van der Waals surface area contributed by atoms with Gasteiger partial charge in [0.1, 0.15) is 0 Å². The van der Waals surface area contributed by atoms with Gasteiger partial charge in [-0.1, -0.05) is 30.3 Å². The van der Waals surface area contributed by atoms with Gasteiger partial charge in [0.05, 0.1) is 6.04 Å². The maximum atomic E-state index is 12.3. The zero-order chi connectivity index (χ0) is 14.7. The summed E-state index contributed by atoms with van der Waals surface area (Å²) in [4.78, 5) is 16.9. The number of hydrogen-bond donors (Lipinski definition) is 1. The Bertz CT molecular complexity index is 476. The Morgan fingerprint density at radius 2 is 2.00 bits per heavy atom. The van der Waals surface area contributed by atoms with Gasteiger partial charge in [0.25, 0.3) is 0 Å². The molecule has 0 saturated carbocycles. The third-order valence-corrected chi connectivity index (χ3v) is 4.76. The lowest BCUT2D eigenvalue weighted by Gasteiger charge is -2.37. The van der Waals surface area contributed by atoms with Crippen LogP contribution in [-0.2, 0) is 11.3 Å². The molecule has 3 rings (SSSR count). The highest BCUT2D eigenvalue weighted by Gasteiger charge is 2.36. The summed E-state index contributed by atoms with van der Waals surface area (Å²) in [6.45, 7) is 4.06. The van der Waals surface area contributed by atoms with Crippen LogP contribution in [0.4, 0.5) is 0 Å². The van der Waals surface area contributed by atoms with Crippen molar-refractivity contribution in [2.75, 3.05) is 26.7 Å². The van der Waals surface area contributed by atoms with E-state index in [1.807, 2.05) is 7.05 Å². The average molecular weight is 287 g/mol. The summed E-state index contributed by atoms with van der Waals surface area (Å²) in [6, 6.07) is 11.0. The zero-order valence-corrected chi connectivity index (χ0v) is 12.8. The normalized spacial score (nSPS) is 27.3. The van der Waals surface area contributed by atoms with Crippen molar-refractivity contribution >= 4 is 5.91 Å². The molecular formula is C17H25N3O. The quantitative estimate of drug-likeness (QED) is 0.911. The van der Waals surface area contributed by atoms with E-state index in [1.54, 1.807) is 0 Å². The first kappa shape index (κ1) is 14.5. The van der Waals surface area contributed by atoms with Gasteiger partial charge >= 0.3 is 0 Å². The first-order chi connectivity index (χ1) is 10.3. The van der Waals surface area contributed by atoms with Crippen LogP contribution in [0.2, 0.25) is 0 Å². The Morgan fingerprint density at radius 3 is 2.71 bits per heavy atom. The van der Waals surface area contributed by atoms with Gasteiger partial charge in [-0.05, 0) is 38.4 Å². The smallest absolute Gasteiger partial charge is 0.240 e. The van der Waals surface area contributed by atoms with Crippen LogP contribution < -0.4 is 5.32 Å². The fraction of sp³-hybridized carbons (Fsp3) is 0.588. The molecule has 4 heteroatoms. The fourth-order valence-corrected chi connectivity index (χ4v) is 3.60. The summed E-state index contributed by atoms with van der Waals surface area (Å²) < 4.78 is 0. The topological polar surface area (TPSA) is 35.6 Å². The van der Waals surface area contributed by atoms with Gasteiger partial charge in [0.15, 0.2) is 0 Å². The number of rotatable bonds is 4. The molecule has 1 amide bonds. The molecule has 4 nitrogen and oxygen atoms in total. The lowest BCUT2D eigenvalue weighted by atomic mass is 10.0. The van der Waals surface area contributed by atoms with E-state index in [-0.39, 0.29) is 6.04 Å². The molecule has 0 aliphatic carbocycles. The van der Waals surface area contributed by atoms with Crippen molar-refractivity contribution in [2.45, 2.75) is 37.9 Å². The van der Waals surface area contributed by atoms with Crippen molar-refractivity contribution in [1.82, 2.24) is 15.1 Å². The summed E-state index contributed by atoms with van der Waals surface area (Å²) in [6.07, 6.45) is 3.28. The molecule has 21 heavy (non-hydrogen) atoms. The second kappa shape index (κ2) is 6.58. The van der Waals surface area contributed by atoms with Crippen LogP contribution in [0, 0.1) is 0 Å². The van der Waals surface area contributed by atoms with E-state index in [9.17, 15) is 4.79 Å². The molecule has 0 spiro atoms. The third-order valence-electron chi connectivity index (χ3n) is 4.76. The number of nitrogens with one attached hydrogen (secondary N) is 1. The van der Waals surface area contributed by atoms with E-state index in [1.165, 1.54) is 12.0 Å². The number of likely N-dealkylation sites (tertiary alicyclic amines) is 2. The Hall–Kier alpha value is -1.39. The van der Waals surface area contributed by atoms with Crippen LogP contribution in [0.5, 0.6) is 0 Å².